The van der Waals surface area contributed by atoms with Crippen LogP contribution in [-0.2, 0) is 9.59 Å². The van der Waals surface area contributed by atoms with Crippen LogP contribution in [0.1, 0.15) is 32.3 Å². The first kappa shape index (κ1) is 18.1. The van der Waals surface area contributed by atoms with Crippen LogP contribution in [0.15, 0.2) is 18.2 Å². The van der Waals surface area contributed by atoms with Gasteiger partial charge in [-0.1, -0.05) is 25.4 Å². The number of ether oxygens (including phenoxy) is 3. The van der Waals surface area contributed by atoms with E-state index in [0.29, 0.717) is 38.6 Å². The molecule has 0 aliphatic carbocycles. The molecule has 128 valence electrons. The summed E-state index contributed by atoms with van der Waals surface area (Å²) >= 11 is 6.09. The van der Waals surface area contributed by atoms with Crippen LogP contribution in [0.25, 0.3) is 10.8 Å². The molecule has 0 heterocycles. The highest BCUT2D eigenvalue weighted by Gasteiger charge is 2.23. The summed E-state index contributed by atoms with van der Waals surface area (Å²) in [6.45, 7) is 5.15. The molecule has 6 heteroatoms. The molecule has 0 aromatic heterocycles. The van der Waals surface area contributed by atoms with Crippen molar-refractivity contribution in [2.45, 2.75) is 33.6 Å². The van der Waals surface area contributed by atoms with Crippen molar-refractivity contribution in [1.29, 1.82) is 0 Å². The van der Waals surface area contributed by atoms with E-state index < -0.39 is 0 Å². The van der Waals surface area contributed by atoms with Crippen LogP contribution in [-0.4, -0.2) is 19.0 Å². The highest BCUT2D eigenvalue weighted by molar-refractivity contribution is 6.31. The number of hydrogen-bond donors (Lipinski definition) is 0. The van der Waals surface area contributed by atoms with E-state index >= 15 is 0 Å². The quantitative estimate of drug-likeness (QED) is 0.589. The third-order valence-electron chi connectivity index (χ3n) is 3.57. The number of benzene rings is 2. The van der Waals surface area contributed by atoms with Gasteiger partial charge < -0.3 is 14.2 Å². The second-order valence-corrected chi connectivity index (χ2v) is 5.60. The maximum absolute atomic E-state index is 11.8. The number of halogens is 1. The Morgan fingerprint density at radius 1 is 0.958 bits per heavy atom. The van der Waals surface area contributed by atoms with E-state index in [2.05, 4.69) is 0 Å². The fourth-order valence-corrected chi connectivity index (χ4v) is 2.52. The molecule has 2 rings (SSSR count). The van der Waals surface area contributed by atoms with Crippen molar-refractivity contribution >= 4 is 34.3 Å². The first-order valence-corrected chi connectivity index (χ1v) is 8.01. The van der Waals surface area contributed by atoms with E-state index in [0.717, 1.165) is 0 Å². The number of carbonyl (C=O) groups excluding carboxylic acids is 2. The lowest BCUT2D eigenvalue weighted by molar-refractivity contribution is -0.135. The van der Waals surface area contributed by atoms with Crippen LogP contribution in [0, 0.1) is 6.92 Å². The first-order valence-electron chi connectivity index (χ1n) is 7.64. The van der Waals surface area contributed by atoms with Crippen LogP contribution in [0.3, 0.4) is 0 Å². The standard InChI is InChI=1S/C18H19ClO5/c1-5-14(20)23-16-10(3)17(22-4)18(24-15(21)6-2)12-8-7-11(19)9-13(12)16/h7-9H,5-6H2,1-4H3. The van der Waals surface area contributed by atoms with Crippen molar-refractivity contribution in [2.24, 2.45) is 0 Å². The first-order chi connectivity index (χ1) is 11.4. The Kier molecular flexibility index (Phi) is 5.67. The van der Waals surface area contributed by atoms with Gasteiger partial charge in [-0.2, -0.15) is 0 Å². The molecular weight excluding hydrogens is 332 g/mol. The van der Waals surface area contributed by atoms with Gasteiger partial charge in [0.1, 0.15) is 5.75 Å². The summed E-state index contributed by atoms with van der Waals surface area (Å²) < 4.78 is 16.3. The van der Waals surface area contributed by atoms with Gasteiger partial charge in [0.2, 0.25) is 0 Å². The molecule has 0 fully saturated rings. The van der Waals surface area contributed by atoms with E-state index in [1.54, 1.807) is 39.0 Å². The van der Waals surface area contributed by atoms with Gasteiger partial charge in [0, 0.05) is 34.2 Å². The molecule has 0 saturated heterocycles. The van der Waals surface area contributed by atoms with Gasteiger partial charge in [0.25, 0.3) is 0 Å². The fraction of sp³-hybridized carbons (Fsp3) is 0.333. The van der Waals surface area contributed by atoms with Crippen molar-refractivity contribution in [3.63, 3.8) is 0 Å². The molecule has 0 spiro atoms. The molecule has 0 radical (unpaired) electrons. The summed E-state index contributed by atoms with van der Waals surface area (Å²) in [6.07, 6.45) is 0.459. The number of carbonyl (C=O) groups is 2. The number of fused-ring (bicyclic) bond motifs is 1. The van der Waals surface area contributed by atoms with Crippen molar-refractivity contribution in [2.75, 3.05) is 7.11 Å². The second kappa shape index (κ2) is 7.53. The molecule has 0 N–H and O–H groups in total. The highest BCUT2D eigenvalue weighted by atomic mass is 35.5. The summed E-state index contributed by atoms with van der Waals surface area (Å²) in [5.41, 5.74) is 0.563. The topological polar surface area (TPSA) is 61.8 Å². The number of esters is 2. The number of methoxy groups -OCH3 is 1. The highest BCUT2D eigenvalue weighted by Crippen LogP contribution is 2.46. The van der Waals surface area contributed by atoms with Gasteiger partial charge in [-0.3, -0.25) is 9.59 Å². The van der Waals surface area contributed by atoms with Gasteiger partial charge >= 0.3 is 11.9 Å². The summed E-state index contributed by atoms with van der Waals surface area (Å²) in [6, 6.07) is 5.05. The summed E-state index contributed by atoms with van der Waals surface area (Å²) in [4.78, 5) is 23.6. The van der Waals surface area contributed by atoms with Gasteiger partial charge in [0.05, 0.1) is 7.11 Å². The normalized spacial score (nSPS) is 10.5. The summed E-state index contributed by atoms with van der Waals surface area (Å²) in [5, 5.41) is 1.65. The Bertz CT molecular complexity index is 798. The monoisotopic (exact) mass is 350 g/mol. The molecule has 0 amide bonds. The van der Waals surface area contributed by atoms with Gasteiger partial charge in [-0.05, 0) is 25.1 Å². The SMILES string of the molecule is CCC(=O)Oc1c(C)c(OC)c(OC(=O)CC)c2ccc(Cl)cc12. The van der Waals surface area contributed by atoms with Crippen molar-refractivity contribution < 1.29 is 23.8 Å². The van der Waals surface area contributed by atoms with Crippen LogP contribution in [0.5, 0.6) is 17.2 Å². The number of rotatable bonds is 5. The molecule has 2 aromatic carbocycles. The van der Waals surface area contributed by atoms with E-state index in [1.165, 1.54) is 7.11 Å². The molecule has 24 heavy (non-hydrogen) atoms. The summed E-state index contributed by atoms with van der Waals surface area (Å²) in [5.74, 6) is 0.241. The average molecular weight is 351 g/mol. The van der Waals surface area contributed by atoms with Crippen molar-refractivity contribution in [1.82, 2.24) is 0 Å². The summed E-state index contributed by atoms with van der Waals surface area (Å²) in [7, 11) is 1.47. The third kappa shape index (κ3) is 3.46. The van der Waals surface area contributed by atoms with E-state index in [9.17, 15) is 9.59 Å². The van der Waals surface area contributed by atoms with Gasteiger partial charge in [-0.15, -0.1) is 0 Å². The zero-order chi connectivity index (χ0) is 17.9. The lowest BCUT2D eigenvalue weighted by Crippen LogP contribution is -2.11. The third-order valence-corrected chi connectivity index (χ3v) is 3.81. The Labute approximate surface area is 145 Å². The van der Waals surface area contributed by atoms with Crippen LogP contribution in [0.4, 0.5) is 0 Å². The van der Waals surface area contributed by atoms with Crippen molar-refractivity contribution in [3.8, 4) is 17.2 Å². The molecule has 0 aliphatic heterocycles. The molecule has 0 bridgehead atoms. The van der Waals surface area contributed by atoms with Crippen LogP contribution >= 0.6 is 11.6 Å². The maximum Gasteiger partial charge on any atom is 0.311 e. The Hall–Kier alpha value is -2.27. The molecule has 0 atom stereocenters. The zero-order valence-corrected chi connectivity index (χ0v) is 14.8. The average Bonchev–Trinajstić information content (AvgIpc) is 2.58. The second-order valence-electron chi connectivity index (χ2n) is 5.16. The number of hydrogen-bond acceptors (Lipinski definition) is 5. The van der Waals surface area contributed by atoms with Gasteiger partial charge in [0.15, 0.2) is 11.5 Å². The van der Waals surface area contributed by atoms with Crippen LogP contribution in [0.2, 0.25) is 5.02 Å². The Morgan fingerprint density at radius 2 is 1.54 bits per heavy atom. The predicted molar refractivity (Wildman–Crippen MR) is 92.1 cm³/mol. The lowest BCUT2D eigenvalue weighted by Gasteiger charge is -2.18. The van der Waals surface area contributed by atoms with Crippen LogP contribution < -0.4 is 14.2 Å². The minimum Gasteiger partial charge on any atom is -0.492 e. The van der Waals surface area contributed by atoms with Gasteiger partial charge in [-0.25, -0.2) is 0 Å². The molecule has 0 unspecified atom stereocenters. The maximum atomic E-state index is 11.8. The molecule has 5 nitrogen and oxygen atoms in total. The van der Waals surface area contributed by atoms with Crippen molar-refractivity contribution in [3.05, 3.63) is 28.8 Å². The minimum absolute atomic E-state index is 0.226. The fourth-order valence-electron chi connectivity index (χ4n) is 2.35. The molecule has 0 aliphatic rings. The molecular formula is C18H19ClO5. The minimum atomic E-state index is -0.387. The smallest absolute Gasteiger partial charge is 0.311 e. The van der Waals surface area contributed by atoms with E-state index in [1.807, 2.05) is 0 Å². The lowest BCUT2D eigenvalue weighted by atomic mass is 10.0. The van der Waals surface area contributed by atoms with E-state index in [-0.39, 0.29) is 24.8 Å². The van der Waals surface area contributed by atoms with E-state index in [4.69, 9.17) is 25.8 Å². The molecule has 2 aromatic rings. The Morgan fingerprint density at radius 3 is 2.08 bits per heavy atom. The molecule has 0 saturated carbocycles. The Balaban J connectivity index is 2.80. The predicted octanol–water partition coefficient (Wildman–Crippen LogP) is 4.44. The zero-order valence-electron chi connectivity index (χ0n) is 14.1. The largest absolute Gasteiger partial charge is 0.492 e.